The molecule has 0 saturated heterocycles. The van der Waals surface area contributed by atoms with E-state index in [0.717, 1.165) is 24.2 Å². The van der Waals surface area contributed by atoms with Crippen molar-refractivity contribution in [2.45, 2.75) is 45.2 Å². The fourth-order valence-electron chi connectivity index (χ4n) is 2.32. The van der Waals surface area contributed by atoms with Crippen LogP contribution in [0.5, 0.6) is 5.88 Å². The smallest absolute Gasteiger partial charge is 0.233 e. The van der Waals surface area contributed by atoms with Crippen molar-refractivity contribution in [1.29, 1.82) is 0 Å². The number of aromatic nitrogens is 4. The lowest BCUT2D eigenvalue weighted by atomic mass is 10.1. The Morgan fingerprint density at radius 3 is 2.52 bits per heavy atom. The summed E-state index contributed by atoms with van der Waals surface area (Å²) in [6.45, 7) is 4.35. The highest BCUT2D eigenvalue weighted by molar-refractivity contribution is 5.15. The predicted octanol–water partition coefficient (Wildman–Crippen LogP) is 2.29. The van der Waals surface area contributed by atoms with Crippen molar-refractivity contribution in [2.75, 3.05) is 7.11 Å². The molecule has 0 saturated carbocycles. The molecular weight excluding hydrogens is 266 g/mol. The molecule has 6 heteroatoms. The molecule has 1 unspecified atom stereocenters. The van der Waals surface area contributed by atoms with Gasteiger partial charge in [0.15, 0.2) is 0 Å². The fourth-order valence-corrected chi connectivity index (χ4v) is 2.32. The van der Waals surface area contributed by atoms with E-state index in [-0.39, 0.29) is 6.04 Å². The largest absolute Gasteiger partial charge is 0.480 e. The summed E-state index contributed by atoms with van der Waals surface area (Å²) < 4.78 is 7.02. The summed E-state index contributed by atoms with van der Waals surface area (Å²) in [6.07, 6.45) is 4.83. The predicted molar refractivity (Wildman–Crippen MR) is 81.1 cm³/mol. The molecular formula is C15H23N5O. The molecule has 2 heterocycles. The molecule has 2 N–H and O–H groups in total. The fraction of sp³-hybridized carbons (Fsp3) is 0.533. The quantitative estimate of drug-likeness (QED) is 0.846. The molecule has 21 heavy (non-hydrogen) atoms. The van der Waals surface area contributed by atoms with Gasteiger partial charge in [-0.1, -0.05) is 13.8 Å². The molecule has 0 spiro atoms. The van der Waals surface area contributed by atoms with Crippen LogP contribution in [0.3, 0.4) is 0 Å². The van der Waals surface area contributed by atoms with Crippen molar-refractivity contribution >= 4 is 0 Å². The molecule has 1 atom stereocenters. The second-order valence-corrected chi connectivity index (χ2v) is 5.07. The average Bonchev–Trinajstić information content (AvgIpc) is 2.97. The summed E-state index contributed by atoms with van der Waals surface area (Å²) in [7, 11) is 1.56. The third-order valence-electron chi connectivity index (χ3n) is 3.66. The first-order valence-corrected chi connectivity index (χ1v) is 7.35. The maximum atomic E-state index is 6.18. The zero-order valence-electron chi connectivity index (χ0n) is 12.9. The first-order valence-electron chi connectivity index (χ1n) is 7.35. The molecule has 0 amide bonds. The number of nitrogens with zero attached hydrogens (tertiary/aromatic N) is 4. The van der Waals surface area contributed by atoms with Crippen LogP contribution < -0.4 is 10.5 Å². The highest BCUT2D eigenvalue weighted by atomic mass is 16.5. The topological polar surface area (TPSA) is 78.9 Å². The van der Waals surface area contributed by atoms with Gasteiger partial charge in [0, 0.05) is 18.7 Å². The summed E-state index contributed by atoms with van der Waals surface area (Å²) in [5, 5.41) is 12.6. The van der Waals surface area contributed by atoms with Crippen molar-refractivity contribution in [3.63, 3.8) is 0 Å². The molecule has 0 aromatic carbocycles. The molecule has 2 aromatic rings. The van der Waals surface area contributed by atoms with Crippen LogP contribution in [0.4, 0.5) is 0 Å². The van der Waals surface area contributed by atoms with E-state index < -0.39 is 0 Å². The highest BCUT2D eigenvalue weighted by Gasteiger charge is 2.13. The molecule has 0 bridgehead atoms. The van der Waals surface area contributed by atoms with Crippen LogP contribution >= 0.6 is 0 Å². The van der Waals surface area contributed by atoms with Crippen LogP contribution in [0, 0.1) is 0 Å². The first-order chi connectivity index (χ1) is 10.2. The van der Waals surface area contributed by atoms with Crippen LogP contribution in [0.25, 0.3) is 0 Å². The number of rotatable bonds is 7. The standard InChI is InChI=1S/C15H23N5O/c1-4-12(5-2)20-9-8-11(19-20)10-13(16)14-6-7-15(21-3)18-17-14/h6-9,12-13H,4-5,10,16H2,1-3H3. The molecule has 0 aliphatic rings. The molecule has 0 aliphatic heterocycles. The maximum absolute atomic E-state index is 6.18. The van der Waals surface area contributed by atoms with Gasteiger partial charge >= 0.3 is 0 Å². The van der Waals surface area contributed by atoms with Crippen LogP contribution in [0.2, 0.25) is 0 Å². The Morgan fingerprint density at radius 2 is 1.95 bits per heavy atom. The Morgan fingerprint density at radius 1 is 1.19 bits per heavy atom. The van der Waals surface area contributed by atoms with Gasteiger partial charge in [-0.2, -0.15) is 10.2 Å². The number of hydrogen-bond acceptors (Lipinski definition) is 5. The number of ether oxygens (including phenoxy) is 1. The SMILES string of the molecule is CCC(CC)n1ccc(CC(N)c2ccc(OC)nn2)n1. The van der Waals surface area contributed by atoms with Crippen molar-refractivity contribution in [2.24, 2.45) is 5.73 Å². The van der Waals surface area contributed by atoms with E-state index in [1.54, 1.807) is 13.2 Å². The minimum atomic E-state index is -0.214. The molecule has 6 nitrogen and oxygen atoms in total. The van der Waals surface area contributed by atoms with E-state index in [1.807, 2.05) is 23.0 Å². The van der Waals surface area contributed by atoms with E-state index in [4.69, 9.17) is 10.5 Å². The van der Waals surface area contributed by atoms with Crippen molar-refractivity contribution in [1.82, 2.24) is 20.0 Å². The van der Waals surface area contributed by atoms with Gasteiger partial charge in [0.1, 0.15) is 0 Å². The zero-order valence-corrected chi connectivity index (χ0v) is 12.9. The Balaban J connectivity index is 2.03. The van der Waals surface area contributed by atoms with Crippen molar-refractivity contribution in [3.8, 4) is 5.88 Å². The monoisotopic (exact) mass is 289 g/mol. The summed E-state index contributed by atoms with van der Waals surface area (Å²) in [5.74, 6) is 0.490. The van der Waals surface area contributed by atoms with E-state index in [2.05, 4.69) is 29.1 Å². The molecule has 2 rings (SSSR count). The van der Waals surface area contributed by atoms with E-state index in [0.29, 0.717) is 18.3 Å². The van der Waals surface area contributed by atoms with Gasteiger partial charge in [-0.15, -0.1) is 5.10 Å². The van der Waals surface area contributed by atoms with Gasteiger partial charge in [-0.25, -0.2) is 0 Å². The van der Waals surface area contributed by atoms with Crippen LogP contribution in [0.15, 0.2) is 24.4 Å². The third-order valence-corrected chi connectivity index (χ3v) is 3.66. The lowest BCUT2D eigenvalue weighted by molar-refractivity contribution is 0.390. The van der Waals surface area contributed by atoms with Gasteiger partial charge in [-0.3, -0.25) is 4.68 Å². The molecule has 0 radical (unpaired) electrons. The second kappa shape index (κ2) is 7.17. The van der Waals surface area contributed by atoms with Gasteiger partial charge in [-0.05, 0) is 25.0 Å². The molecule has 0 aliphatic carbocycles. The third kappa shape index (κ3) is 3.78. The van der Waals surface area contributed by atoms with Gasteiger partial charge in [0.05, 0.1) is 30.6 Å². The Hall–Kier alpha value is -1.95. The van der Waals surface area contributed by atoms with E-state index in [9.17, 15) is 0 Å². The average molecular weight is 289 g/mol. The van der Waals surface area contributed by atoms with Crippen molar-refractivity contribution < 1.29 is 4.74 Å². The summed E-state index contributed by atoms with van der Waals surface area (Å²) >= 11 is 0. The number of nitrogens with two attached hydrogens (primary N) is 1. The minimum Gasteiger partial charge on any atom is -0.480 e. The normalized spacial score (nSPS) is 12.6. The summed E-state index contributed by atoms with van der Waals surface area (Å²) in [5.41, 5.74) is 7.90. The van der Waals surface area contributed by atoms with Gasteiger partial charge in [0.2, 0.25) is 5.88 Å². The lowest BCUT2D eigenvalue weighted by Crippen LogP contribution is -2.16. The number of hydrogen-bond donors (Lipinski definition) is 1. The second-order valence-electron chi connectivity index (χ2n) is 5.07. The molecule has 114 valence electrons. The van der Waals surface area contributed by atoms with E-state index in [1.165, 1.54) is 0 Å². The number of methoxy groups -OCH3 is 1. The van der Waals surface area contributed by atoms with Crippen LogP contribution in [0.1, 0.15) is 50.2 Å². The van der Waals surface area contributed by atoms with E-state index >= 15 is 0 Å². The zero-order chi connectivity index (χ0) is 15.2. The first kappa shape index (κ1) is 15.4. The highest BCUT2D eigenvalue weighted by Crippen LogP contribution is 2.17. The summed E-state index contributed by atoms with van der Waals surface area (Å²) in [4.78, 5) is 0. The Bertz CT molecular complexity index is 547. The van der Waals surface area contributed by atoms with Crippen molar-refractivity contribution in [3.05, 3.63) is 35.8 Å². The molecule has 2 aromatic heterocycles. The van der Waals surface area contributed by atoms with Crippen LogP contribution in [-0.4, -0.2) is 27.1 Å². The maximum Gasteiger partial charge on any atom is 0.233 e. The minimum absolute atomic E-state index is 0.214. The summed E-state index contributed by atoms with van der Waals surface area (Å²) in [6, 6.07) is 5.87. The van der Waals surface area contributed by atoms with Crippen LogP contribution in [-0.2, 0) is 6.42 Å². The Kier molecular flexibility index (Phi) is 5.27. The molecule has 0 fully saturated rings. The Labute approximate surface area is 125 Å². The lowest BCUT2D eigenvalue weighted by Gasteiger charge is -2.13. The van der Waals surface area contributed by atoms with Gasteiger partial charge in [0.25, 0.3) is 0 Å². The van der Waals surface area contributed by atoms with Gasteiger partial charge < -0.3 is 10.5 Å².